The Labute approximate surface area is 153 Å². The molecule has 2 rings (SSSR count). The predicted octanol–water partition coefficient (Wildman–Crippen LogP) is 3.12. The predicted molar refractivity (Wildman–Crippen MR) is 111 cm³/mol. The van der Waals surface area contributed by atoms with Crippen molar-refractivity contribution in [1.82, 2.24) is 19.6 Å². The first kappa shape index (κ1) is 25.8. The average molecular weight is 343 g/mol. The van der Waals surface area contributed by atoms with Crippen LogP contribution < -0.4 is 0 Å². The summed E-state index contributed by atoms with van der Waals surface area (Å²) in [6.45, 7) is 15.9. The summed E-state index contributed by atoms with van der Waals surface area (Å²) in [5.41, 5.74) is 3.21. The maximum Gasteiger partial charge on any atom is 0.0107 e. The van der Waals surface area contributed by atoms with Gasteiger partial charge < -0.3 is 19.6 Å². The molecule has 0 amide bonds. The number of likely N-dealkylation sites (N-methyl/N-ethyl adjacent to an activating group) is 2. The van der Waals surface area contributed by atoms with Gasteiger partial charge in [-0.25, -0.2) is 0 Å². The molecule has 0 aliphatic carbocycles. The zero-order chi connectivity index (χ0) is 19.1. The molecule has 0 saturated carbocycles. The molecule has 24 heavy (non-hydrogen) atoms. The van der Waals surface area contributed by atoms with Gasteiger partial charge >= 0.3 is 0 Å². The van der Waals surface area contributed by atoms with Gasteiger partial charge in [0.2, 0.25) is 0 Å². The molecular weight excluding hydrogens is 296 g/mol. The summed E-state index contributed by atoms with van der Waals surface area (Å²) >= 11 is 0. The molecule has 0 atom stereocenters. The van der Waals surface area contributed by atoms with Gasteiger partial charge in [-0.1, -0.05) is 25.0 Å². The third kappa shape index (κ3) is 16.4. The molecule has 0 N–H and O–H groups in total. The molecule has 0 unspecified atom stereocenters. The van der Waals surface area contributed by atoms with E-state index in [1.807, 2.05) is 39.9 Å². The number of allylic oxidation sites excluding steroid dienone is 1. The second kappa shape index (κ2) is 16.1. The fourth-order valence-electron chi connectivity index (χ4n) is 2.29. The molecule has 146 valence electrons. The minimum absolute atomic E-state index is 1.23. The van der Waals surface area contributed by atoms with Crippen molar-refractivity contribution < 1.29 is 0 Å². The van der Waals surface area contributed by atoms with Gasteiger partial charge in [-0.2, -0.15) is 0 Å². The molecule has 2 heterocycles. The van der Waals surface area contributed by atoms with Crippen LogP contribution in [0.3, 0.4) is 0 Å². The maximum atomic E-state index is 2.40. The van der Waals surface area contributed by atoms with Gasteiger partial charge in [0, 0.05) is 39.3 Å². The van der Waals surface area contributed by atoms with Crippen LogP contribution in [0.4, 0.5) is 0 Å². The van der Waals surface area contributed by atoms with Gasteiger partial charge in [-0.3, -0.25) is 0 Å². The zero-order valence-electron chi connectivity index (χ0n) is 18.4. The van der Waals surface area contributed by atoms with Crippen LogP contribution in [-0.2, 0) is 0 Å². The first-order valence-corrected chi connectivity index (χ1v) is 9.54. The maximum absolute atomic E-state index is 2.40. The Morgan fingerprint density at radius 3 is 1.17 bits per heavy atom. The van der Waals surface area contributed by atoms with Crippen molar-refractivity contribution in [2.24, 2.45) is 0 Å². The highest BCUT2D eigenvalue weighted by molar-refractivity contribution is 5.12. The van der Waals surface area contributed by atoms with Crippen LogP contribution >= 0.6 is 0 Å². The quantitative estimate of drug-likeness (QED) is 0.627. The summed E-state index contributed by atoms with van der Waals surface area (Å²) in [7, 11) is 12.5. The summed E-state index contributed by atoms with van der Waals surface area (Å²) in [5.74, 6) is 0. The molecule has 0 radical (unpaired) electrons. The van der Waals surface area contributed by atoms with Crippen molar-refractivity contribution in [2.45, 2.75) is 40.5 Å². The van der Waals surface area contributed by atoms with Crippen LogP contribution in [0.2, 0.25) is 0 Å². The topological polar surface area (TPSA) is 13.0 Å². The first-order chi connectivity index (χ1) is 11.2. The molecule has 0 aromatic rings. The number of rotatable bonds is 0. The van der Waals surface area contributed by atoms with Gasteiger partial charge in [0.25, 0.3) is 0 Å². The Bertz CT molecular complexity index is 278. The SMILES string of the molecule is CC.CC(C)=C1CCN(C)CC1.CN(C)C.CN1CCN(C)CC1. The van der Waals surface area contributed by atoms with E-state index in [2.05, 4.69) is 49.7 Å². The van der Waals surface area contributed by atoms with Crippen molar-refractivity contribution in [3.05, 3.63) is 11.1 Å². The minimum atomic E-state index is 1.23. The molecule has 2 fully saturated rings. The lowest BCUT2D eigenvalue weighted by molar-refractivity contribution is 0.181. The van der Waals surface area contributed by atoms with Crippen LogP contribution in [0.25, 0.3) is 0 Å². The Morgan fingerprint density at radius 1 is 0.667 bits per heavy atom. The molecule has 4 heteroatoms. The van der Waals surface area contributed by atoms with Gasteiger partial charge in [-0.05, 0) is 69.0 Å². The number of piperidine rings is 1. The lowest BCUT2D eigenvalue weighted by atomic mass is 10.0. The highest BCUT2D eigenvalue weighted by Crippen LogP contribution is 2.17. The van der Waals surface area contributed by atoms with Crippen molar-refractivity contribution >= 4 is 0 Å². The smallest absolute Gasteiger partial charge is 0.0107 e. The van der Waals surface area contributed by atoms with Crippen LogP contribution in [0.1, 0.15) is 40.5 Å². The average Bonchev–Trinajstić information content (AvgIpc) is 2.53. The minimum Gasteiger partial charge on any atom is -0.312 e. The van der Waals surface area contributed by atoms with E-state index < -0.39 is 0 Å². The summed E-state index contributed by atoms with van der Waals surface area (Å²) in [5, 5.41) is 0. The van der Waals surface area contributed by atoms with Crippen LogP contribution in [0.5, 0.6) is 0 Å². The Kier molecular flexibility index (Phi) is 17.3. The number of nitrogens with zero attached hydrogens (tertiary/aromatic N) is 4. The highest BCUT2D eigenvalue weighted by Gasteiger charge is 2.10. The van der Waals surface area contributed by atoms with Gasteiger partial charge in [-0.15, -0.1) is 0 Å². The van der Waals surface area contributed by atoms with Gasteiger partial charge in [0.15, 0.2) is 0 Å². The third-order valence-electron chi connectivity index (χ3n) is 4.02. The van der Waals surface area contributed by atoms with Crippen LogP contribution in [0, 0.1) is 0 Å². The van der Waals surface area contributed by atoms with Crippen molar-refractivity contribution in [2.75, 3.05) is 81.6 Å². The van der Waals surface area contributed by atoms with E-state index in [-0.39, 0.29) is 0 Å². The van der Waals surface area contributed by atoms with Crippen molar-refractivity contribution in [3.8, 4) is 0 Å². The lowest BCUT2D eigenvalue weighted by Crippen LogP contribution is -2.42. The number of likely N-dealkylation sites (tertiary alicyclic amines) is 1. The van der Waals surface area contributed by atoms with E-state index in [4.69, 9.17) is 0 Å². The fraction of sp³-hybridized carbons (Fsp3) is 0.900. The summed E-state index contributed by atoms with van der Waals surface area (Å²) in [6.07, 6.45) is 2.58. The second-order valence-electron chi connectivity index (χ2n) is 7.36. The molecule has 0 aromatic carbocycles. The Morgan fingerprint density at radius 2 is 0.917 bits per heavy atom. The molecule has 0 aromatic heterocycles. The number of hydrogen-bond acceptors (Lipinski definition) is 4. The van der Waals surface area contributed by atoms with E-state index in [0.29, 0.717) is 0 Å². The number of piperazine rings is 1. The van der Waals surface area contributed by atoms with Gasteiger partial charge in [0.1, 0.15) is 0 Å². The molecule has 0 spiro atoms. The number of hydrogen-bond donors (Lipinski definition) is 0. The summed E-state index contributed by atoms with van der Waals surface area (Å²) in [6, 6.07) is 0. The molecule has 4 nitrogen and oxygen atoms in total. The zero-order valence-corrected chi connectivity index (χ0v) is 18.4. The van der Waals surface area contributed by atoms with Crippen molar-refractivity contribution in [3.63, 3.8) is 0 Å². The van der Waals surface area contributed by atoms with E-state index in [1.54, 1.807) is 5.57 Å². The normalized spacial score (nSPS) is 19.4. The lowest BCUT2D eigenvalue weighted by Gasteiger charge is -2.28. The first-order valence-electron chi connectivity index (χ1n) is 9.54. The Balaban J connectivity index is 0. The van der Waals surface area contributed by atoms with Crippen molar-refractivity contribution in [1.29, 1.82) is 0 Å². The molecular formula is C20H46N4. The van der Waals surface area contributed by atoms with Crippen LogP contribution in [0.15, 0.2) is 11.1 Å². The van der Waals surface area contributed by atoms with Gasteiger partial charge in [0.05, 0.1) is 0 Å². The molecule has 2 aliphatic heterocycles. The molecule has 2 aliphatic rings. The van der Waals surface area contributed by atoms with E-state index >= 15 is 0 Å². The third-order valence-corrected chi connectivity index (χ3v) is 4.02. The van der Waals surface area contributed by atoms with E-state index in [0.717, 1.165) is 0 Å². The second-order valence-corrected chi connectivity index (χ2v) is 7.36. The standard InChI is InChI=1S/C9H17N.C6H14N2.C3H9N.C2H6/c1-8(2)9-4-6-10(3)7-5-9;1-7-3-5-8(2)6-4-7;1-4(2)3;1-2/h4-7H2,1-3H3;3-6H2,1-2H3;1-3H3;1-2H3. The Hall–Kier alpha value is -0.420. The van der Waals surface area contributed by atoms with E-state index in [1.165, 1.54) is 57.7 Å². The van der Waals surface area contributed by atoms with Crippen LogP contribution in [-0.4, -0.2) is 101 Å². The van der Waals surface area contributed by atoms with E-state index in [9.17, 15) is 0 Å². The highest BCUT2D eigenvalue weighted by atomic mass is 15.2. The largest absolute Gasteiger partial charge is 0.312 e. The summed E-state index contributed by atoms with van der Waals surface area (Å²) < 4.78 is 0. The summed E-state index contributed by atoms with van der Waals surface area (Å²) in [4.78, 5) is 9.12. The molecule has 2 saturated heterocycles. The fourth-order valence-corrected chi connectivity index (χ4v) is 2.29. The molecule has 0 bridgehead atoms. The monoisotopic (exact) mass is 342 g/mol.